The zero-order valence-electron chi connectivity index (χ0n) is 12.5. The van der Waals surface area contributed by atoms with Crippen molar-refractivity contribution in [3.05, 3.63) is 39.9 Å². The lowest BCUT2D eigenvalue weighted by Gasteiger charge is -2.29. The Balaban J connectivity index is 1.79. The quantitative estimate of drug-likeness (QED) is 0.474. The Morgan fingerprint density at radius 2 is 2.23 bits per heavy atom. The normalized spacial score (nSPS) is 16.0. The van der Waals surface area contributed by atoms with E-state index >= 15 is 0 Å². The summed E-state index contributed by atoms with van der Waals surface area (Å²) < 4.78 is 0. The van der Waals surface area contributed by atoms with Crippen molar-refractivity contribution in [2.45, 2.75) is 19.8 Å². The molecule has 0 bridgehead atoms. The molecule has 22 heavy (non-hydrogen) atoms. The van der Waals surface area contributed by atoms with Crippen molar-refractivity contribution in [2.75, 3.05) is 19.7 Å². The van der Waals surface area contributed by atoms with Gasteiger partial charge in [-0.25, -0.2) is 0 Å². The molecule has 0 radical (unpaired) electrons. The average Bonchev–Trinajstić information content (AvgIpc) is 2.52. The van der Waals surface area contributed by atoms with Gasteiger partial charge in [0.2, 0.25) is 0 Å². The van der Waals surface area contributed by atoms with Crippen LogP contribution in [0.25, 0.3) is 0 Å². The van der Waals surface area contributed by atoms with Gasteiger partial charge in [0.25, 0.3) is 11.6 Å². The minimum Gasteiger partial charge on any atom is -0.386 e. The molecular formula is C15H19N3O4. The van der Waals surface area contributed by atoms with Crippen molar-refractivity contribution in [3.8, 4) is 0 Å². The summed E-state index contributed by atoms with van der Waals surface area (Å²) in [6, 6.07) is 6.03. The Bertz CT molecular complexity index is 566. The summed E-state index contributed by atoms with van der Waals surface area (Å²) in [5.74, 6) is 0.583. The van der Waals surface area contributed by atoms with E-state index in [2.05, 4.69) is 12.1 Å². The van der Waals surface area contributed by atoms with Crippen molar-refractivity contribution in [3.63, 3.8) is 0 Å². The monoisotopic (exact) mass is 305 g/mol. The Kier molecular flexibility index (Phi) is 5.46. The largest absolute Gasteiger partial charge is 0.386 e. The van der Waals surface area contributed by atoms with E-state index in [4.69, 9.17) is 4.84 Å². The van der Waals surface area contributed by atoms with Crippen molar-refractivity contribution in [2.24, 2.45) is 11.1 Å². The Labute approximate surface area is 128 Å². The highest BCUT2D eigenvalue weighted by Crippen LogP contribution is 2.16. The number of likely N-dealkylation sites (tertiary alicyclic amines) is 1. The molecule has 1 aromatic rings. The number of non-ortho nitro benzene ring substituents is 1. The van der Waals surface area contributed by atoms with Gasteiger partial charge in [-0.05, 0) is 18.8 Å². The van der Waals surface area contributed by atoms with E-state index in [1.165, 1.54) is 18.3 Å². The SMILES string of the molecule is CC1CCN(C(=O)CON=Cc2cccc([N+](=O)[O-])c2)CC1. The fourth-order valence-electron chi connectivity index (χ4n) is 2.26. The van der Waals surface area contributed by atoms with Crippen LogP contribution in [0.3, 0.4) is 0 Å². The molecule has 1 fully saturated rings. The molecule has 1 aromatic carbocycles. The first-order valence-electron chi connectivity index (χ1n) is 7.24. The van der Waals surface area contributed by atoms with E-state index in [9.17, 15) is 14.9 Å². The third-order valence-corrected chi connectivity index (χ3v) is 3.68. The van der Waals surface area contributed by atoms with Gasteiger partial charge in [0.15, 0.2) is 6.61 Å². The number of nitro benzene ring substituents is 1. The molecule has 1 aliphatic rings. The summed E-state index contributed by atoms with van der Waals surface area (Å²) in [5.41, 5.74) is 0.538. The molecule has 1 heterocycles. The Morgan fingerprint density at radius 1 is 1.50 bits per heavy atom. The molecule has 0 saturated carbocycles. The molecule has 1 amide bonds. The summed E-state index contributed by atoms with van der Waals surface area (Å²) >= 11 is 0. The molecule has 118 valence electrons. The number of amides is 1. The highest BCUT2D eigenvalue weighted by Gasteiger charge is 2.20. The highest BCUT2D eigenvalue weighted by molar-refractivity contribution is 5.80. The van der Waals surface area contributed by atoms with Gasteiger partial charge < -0.3 is 9.74 Å². The molecule has 0 spiro atoms. The van der Waals surface area contributed by atoms with Crippen molar-refractivity contribution in [1.29, 1.82) is 0 Å². The maximum Gasteiger partial charge on any atom is 0.270 e. The summed E-state index contributed by atoms with van der Waals surface area (Å²) in [5, 5.41) is 14.3. The van der Waals surface area contributed by atoms with Gasteiger partial charge in [0.1, 0.15) is 0 Å². The van der Waals surface area contributed by atoms with E-state index in [0.29, 0.717) is 11.5 Å². The summed E-state index contributed by atoms with van der Waals surface area (Å²) in [6.07, 6.45) is 3.39. The number of carbonyl (C=O) groups excluding carboxylic acids is 1. The third kappa shape index (κ3) is 4.54. The number of nitro groups is 1. The van der Waals surface area contributed by atoms with Crippen LogP contribution in [0, 0.1) is 16.0 Å². The van der Waals surface area contributed by atoms with Crippen LogP contribution in [0.2, 0.25) is 0 Å². The maximum absolute atomic E-state index is 11.9. The molecule has 7 nitrogen and oxygen atoms in total. The van der Waals surface area contributed by atoms with Crippen LogP contribution in [0.5, 0.6) is 0 Å². The van der Waals surface area contributed by atoms with Gasteiger partial charge in [-0.3, -0.25) is 14.9 Å². The number of piperidine rings is 1. The number of oxime groups is 1. The molecule has 7 heteroatoms. The van der Waals surface area contributed by atoms with Gasteiger partial charge in [-0.1, -0.05) is 24.2 Å². The summed E-state index contributed by atoms with van der Waals surface area (Å²) in [4.78, 5) is 28.8. The second-order valence-corrected chi connectivity index (χ2v) is 5.42. The van der Waals surface area contributed by atoms with E-state index in [1.54, 1.807) is 17.0 Å². The van der Waals surface area contributed by atoms with Crippen LogP contribution in [0.1, 0.15) is 25.3 Å². The second kappa shape index (κ2) is 7.53. The predicted molar refractivity (Wildman–Crippen MR) is 81.6 cm³/mol. The minimum atomic E-state index is -0.473. The molecular weight excluding hydrogens is 286 g/mol. The number of rotatable bonds is 5. The predicted octanol–water partition coefficient (Wildman–Crippen LogP) is 2.20. The molecule has 1 aliphatic heterocycles. The average molecular weight is 305 g/mol. The molecule has 0 aromatic heterocycles. The molecule has 0 aliphatic carbocycles. The Morgan fingerprint density at radius 3 is 2.91 bits per heavy atom. The molecule has 1 saturated heterocycles. The number of benzene rings is 1. The van der Waals surface area contributed by atoms with Crippen LogP contribution >= 0.6 is 0 Å². The second-order valence-electron chi connectivity index (χ2n) is 5.42. The zero-order valence-corrected chi connectivity index (χ0v) is 12.5. The van der Waals surface area contributed by atoms with E-state index in [-0.39, 0.29) is 18.2 Å². The number of hydrogen-bond donors (Lipinski definition) is 0. The van der Waals surface area contributed by atoms with Crippen molar-refractivity contribution in [1.82, 2.24) is 4.90 Å². The first-order valence-corrected chi connectivity index (χ1v) is 7.24. The lowest BCUT2D eigenvalue weighted by molar-refractivity contribution is -0.384. The minimum absolute atomic E-state index is 0.0116. The lowest BCUT2D eigenvalue weighted by Crippen LogP contribution is -2.39. The molecule has 0 unspecified atom stereocenters. The molecule has 0 atom stereocenters. The van der Waals surface area contributed by atoms with E-state index < -0.39 is 4.92 Å². The number of nitrogens with zero attached hydrogens (tertiary/aromatic N) is 3. The maximum atomic E-state index is 11.9. The van der Waals surface area contributed by atoms with E-state index in [1.807, 2.05) is 0 Å². The summed E-state index contributed by atoms with van der Waals surface area (Å²) in [6.45, 7) is 3.59. The topological polar surface area (TPSA) is 85.0 Å². The van der Waals surface area contributed by atoms with Crippen molar-refractivity contribution < 1.29 is 14.6 Å². The van der Waals surface area contributed by atoms with Gasteiger partial charge in [0.05, 0.1) is 11.1 Å². The fraction of sp³-hybridized carbons (Fsp3) is 0.467. The fourth-order valence-corrected chi connectivity index (χ4v) is 2.26. The van der Waals surface area contributed by atoms with Crippen LogP contribution in [0.4, 0.5) is 5.69 Å². The van der Waals surface area contributed by atoms with Crippen molar-refractivity contribution >= 4 is 17.8 Å². The molecule has 0 N–H and O–H groups in total. The van der Waals surface area contributed by atoms with Crippen LogP contribution < -0.4 is 0 Å². The van der Waals surface area contributed by atoms with E-state index in [0.717, 1.165) is 25.9 Å². The first-order chi connectivity index (χ1) is 10.6. The highest BCUT2D eigenvalue weighted by atomic mass is 16.6. The lowest BCUT2D eigenvalue weighted by atomic mass is 9.99. The van der Waals surface area contributed by atoms with Crippen LogP contribution in [0.15, 0.2) is 29.4 Å². The standard InChI is InChI=1S/C15H19N3O4/c1-12-5-7-17(8-6-12)15(19)11-22-16-10-13-3-2-4-14(9-13)18(20)21/h2-4,9-10,12H,5-8,11H2,1H3. The Hall–Kier alpha value is -2.44. The summed E-state index contributed by atoms with van der Waals surface area (Å²) in [7, 11) is 0. The third-order valence-electron chi connectivity index (χ3n) is 3.68. The molecule has 2 rings (SSSR count). The first kappa shape index (κ1) is 15.9. The van der Waals surface area contributed by atoms with Gasteiger partial charge >= 0.3 is 0 Å². The van der Waals surface area contributed by atoms with Crippen LogP contribution in [-0.2, 0) is 9.63 Å². The van der Waals surface area contributed by atoms with Crippen LogP contribution in [-0.4, -0.2) is 41.6 Å². The van der Waals surface area contributed by atoms with Gasteiger partial charge in [-0.2, -0.15) is 0 Å². The number of carbonyl (C=O) groups is 1. The zero-order chi connectivity index (χ0) is 15.9. The van der Waals surface area contributed by atoms with Gasteiger partial charge in [0, 0.05) is 30.8 Å². The number of hydrogen-bond acceptors (Lipinski definition) is 5. The van der Waals surface area contributed by atoms with Gasteiger partial charge in [-0.15, -0.1) is 0 Å². The smallest absolute Gasteiger partial charge is 0.270 e.